The monoisotopic (exact) mass is 354 g/mol. The first kappa shape index (κ1) is 17.8. The van der Waals surface area contributed by atoms with Crippen LogP contribution in [0.5, 0.6) is 0 Å². The van der Waals surface area contributed by atoms with Crippen molar-refractivity contribution in [2.24, 2.45) is 0 Å². The first-order valence-electron chi connectivity index (χ1n) is 8.52. The van der Waals surface area contributed by atoms with E-state index >= 15 is 0 Å². The van der Waals surface area contributed by atoms with Crippen molar-refractivity contribution in [2.45, 2.75) is 17.9 Å². The summed E-state index contributed by atoms with van der Waals surface area (Å²) >= 11 is 0. The summed E-state index contributed by atoms with van der Waals surface area (Å²) in [5.41, 5.74) is 0. The lowest BCUT2D eigenvalue weighted by Crippen LogP contribution is -2.54. The number of rotatable bonds is 5. The summed E-state index contributed by atoms with van der Waals surface area (Å²) in [7, 11) is -3.42. The number of pyridine rings is 1. The fourth-order valence-electron chi connectivity index (χ4n) is 3.31. The van der Waals surface area contributed by atoms with E-state index in [4.69, 9.17) is 4.74 Å². The molecule has 0 radical (unpaired) electrons. The first-order chi connectivity index (χ1) is 11.6. The Morgan fingerprint density at radius 3 is 2.50 bits per heavy atom. The van der Waals surface area contributed by atoms with Crippen LogP contribution in [-0.4, -0.2) is 92.6 Å². The molecule has 0 aromatic carbocycles. The Morgan fingerprint density at radius 2 is 1.88 bits per heavy atom. The Bertz CT molecular complexity index is 611. The highest BCUT2D eigenvalue weighted by Gasteiger charge is 2.30. The van der Waals surface area contributed by atoms with E-state index < -0.39 is 10.0 Å². The van der Waals surface area contributed by atoms with Gasteiger partial charge in [0.25, 0.3) is 0 Å². The molecule has 0 amide bonds. The molecule has 1 unspecified atom stereocenters. The summed E-state index contributed by atoms with van der Waals surface area (Å²) in [5, 5.41) is 0. The zero-order valence-corrected chi connectivity index (χ0v) is 15.0. The molecule has 24 heavy (non-hydrogen) atoms. The van der Waals surface area contributed by atoms with Gasteiger partial charge in [-0.1, -0.05) is 0 Å². The molecular weight excluding hydrogens is 328 g/mol. The molecule has 2 aliphatic heterocycles. The number of ether oxygens (including phenoxy) is 1. The Morgan fingerprint density at radius 1 is 1.17 bits per heavy atom. The fraction of sp³-hybridized carbons (Fsp3) is 0.688. The van der Waals surface area contributed by atoms with Crippen LogP contribution in [0.1, 0.15) is 6.92 Å². The molecule has 8 heteroatoms. The number of hydrogen-bond acceptors (Lipinski definition) is 6. The summed E-state index contributed by atoms with van der Waals surface area (Å²) in [6, 6.07) is 3.69. The second-order valence-corrected chi connectivity index (χ2v) is 8.33. The molecule has 2 saturated heterocycles. The predicted molar refractivity (Wildman–Crippen MR) is 91.3 cm³/mol. The van der Waals surface area contributed by atoms with E-state index in [2.05, 4.69) is 21.7 Å². The lowest BCUT2D eigenvalue weighted by Gasteiger charge is -2.39. The largest absolute Gasteiger partial charge is 0.379 e. The number of aromatic nitrogens is 1. The average Bonchev–Trinajstić information content (AvgIpc) is 2.63. The van der Waals surface area contributed by atoms with Gasteiger partial charge in [-0.05, 0) is 19.1 Å². The minimum atomic E-state index is -3.42. The molecule has 3 heterocycles. The molecule has 1 atom stereocenters. The topological polar surface area (TPSA) is 66.0 Å². The second kappa shape index (κ2) is 7.88. The predicted octanol–water partition coefficient (Wildman–Crippen LogP) is 0.109. The van der Waals surface area contributed by atoms with Crippen molar-refractivity contribution in [2.75, 3.05) is 59.0 Å². The number of piperazine rings is 1. The Kier molecular flexibility index (Phi) is 5.83. The number of morpholine rings is 1. The SMILES string of the molecule is CC(CN1CCOCC1)N1CCN(S(=O)(=O)c2cccnc2)CC1. The lowest BCUT2D eigenvalue weighted by atomic mass is 10.2. The van der Waals surface area contributed by atoms with Crippen molar-refractivity contribution >= 4 is 10.0 Å². The van der Waals surface area contributed by atoms with Gasteiger partial charge in [-0.2, -0.15) is 4.31 Å². The number of hydrogen-bond donors (Lipinski definition) is 0. The maximum Gasteiger partial charge on any atom is 0.244 e. The van der Waals surface area contributed by atoms with Crippen LogP contribution in [0, 0.1) is 0 Å². The van der Waals surface area contributed by atoms with Crippen molar-refractivity contribution in [3.05, 3.63) is 24.5 Å². The molecule has 0 spiro atoms. The first-order valence-corrected chi connectivity index (χ1v) is 9.96. The highest BCUT2D eigenvalue weighted by molar-refractivity contribution is 7.89. The average molecular weight is 354 g/mol. The van der Waals surface area contributed by atoms with Crippen molar-refractivity contribution in [3.63, 3.8) is 0 Å². The van der Waals surface area contributed by atoms with Crippen LogP contribution >= 0.6 is 0 Å². The van der Waals surface area contributed by atoms with Crippen LogP contribution in [0.25, 0.3) is 0 Å². The highest BCUT2D eigenvalue weighted by atomic mass is 32.2. The van der Waals surface area contributed by atoms with Gasteiger partial charge in [0.1, 0.15) is 4.90 Å². The zero-order chi connectivity index (χ0) is 17.0. The Hall–Kier alpha value is -1.06. The molecule has 7 nitrogen and oxygen atoms in total. The smallest absolute Gasteiger partial charge is 0.244 e. The van der Waals surface area contributed by atoms with Gasteiger partial charge in [0.05, 0.1) is 13.2 Å². The van der Waals surface area contributed by atoms with E-state index in [1.54, 1.807) is 22.6 Å². The van der Waals surface area contributed by atoms with E-state index in [1.807, 2.05) is 0 Å². The molecule has 0 N–H and O–H groups in total. The summed E-state index contributed by atoms with van der Waals surface area (Å²) in [4.78, 5) is 9.00. The van der Waals surface area contributed by atoms with Crippen LogP contribution in [0.4, 0.5) is 0 Å². The Labute approximate surface area is 144 Å². The van der Waals surface area contributed by atoms with Crippen LogP contribution in [0.3, 0.4) is 0 Å². The molecule has 0 saturated carbocycles. The van der Waals surface area contributed by atoms with Gasteiger partial charge in [-0.3, -0.25) is 14.8 Å². The summed E-state index contributed by atoms with van der Waals surface area (Å²) < 4.78 is 32.2. The van der Waals surface area contributed by atoms with Crippen LogP contribution in [-0.2, 0) is 14.8 Å². The van der Waals surface area contributed by atoms with E-state index in [0.29, 0.717) is 19.1 Å². The molecule has 0 aliphatic carbocycles. The third-order valence-corrected chi connectivity index (χ3v) is 6.68. The van der Waals surface area contributed by atoms with E-state index in [-0.39, 0.29) is 4.90 Å². The van der Waals surface area contributed by atoms with Gasteiger partial charge >= 0.3 is 0 Å². The lowest BCUT2D eigenvalue weighted by molar-refractivity contribution is 0.0211. The maximum absolute atomic E-state index is 12.6. The molecule has 1 aromatic rings. The standard InChI is InChI=1S/C16H26N4O3S/c1-15(14-18-9-11-23-12-10-18)19-5-7-20(8-6-19)24(21,22)16-3-2-4-17-13-16/h2-4,13,15H,5-12,14H2,1H3. The highest BCUT2D eigenvalue weighted by Crippen LogP contribution is 2.17. The molecular formula is C16H26N4O3S. The van der Waals surface area contributed by atoms with Crippen LogP contribution in [0.15, 0.2) is 29.4 Å². The van der Waals surface area contributed by atoms with Crippen LogP contribution < -0.4 is 0 Å². The van der Waals surface area contributed by atoms with E-state index in [0.717, 1.165) is 45.9 Å². The third kappa shape index (κ3) is 4.12. The summed E-state index contributed by atoms with van der Waals surface area (Å²) in [5.74, 6) is 0. The quantitative estimate of drug-likeness (QED) is 0.748. The molecule has 2 aliphatic rings. The van der Waals surface area contributed by atoms with Crippen LogP contribution in [0.2, 0.25) is 0 Å². The Balaban J connectivity index is 1.53. The van der Waals surface area contributed by atoms with Gasteiger partial charge in [-0.25, -0.2) is 8.42 Å². The maximum atomic E-state index is 12.6. The van der Waals surface area contributed by atoms with Crippen molar-refractivity contribution in [1.29, 1.82) is 0 Å². The number of nitrogens with zero attached hydrogens (tertiary/aromatic N) is 4. The molecule has 134 valence electrons. The second-order valence-electron chi connectivity index (χ2n) is 6.39. The molecule has 2 fully saturated rings. The third-order valence-electron chi connectivity index (χ3n) is 4.79. The molecule has 3 rings (SSSR count). The van der Waals surface area contributed by atoms with E-state index in [9.17, 15) is 8.42 Å². The van der Waals surface area contributed by atoms with Gasteiger partial charge in [0, 0.05) is 64.2 Å². The molecule has 0 bridgehead atoms. The summed E-state index contributed by atoms with van der Waals surface area (Å²) in [6.45, 7) is 9.43. The molecule has 1 aromatic heterocycles. The van der Waals surface area contributed by atoms with Crippen molar-refractivity contribution in [3.8, 4) is 0 Å². The van der Waals surface area contributed by atoms with Crippen molar-refractivity contribution < 1.29 is 13.2 Å². The summed E-state index contributed by atoms with van der Waals surface area (Å²) in [6.07, 6.45) is 3.01. The van der Waals surface area contributed by atoms with Crippen molar-refractivity contribution in [1.82, 2.24) is 19.1 Å². The van der Waals surface area contributed by atoms with E-state index in [1.165, 1.54) is 6.20 Å². The van der Waals surface area contributed by atoms with Gasteiger partial charge < -0.3 is 4.74 Å². The normalized spacial score (nSPS) is 23.2. The number of sulfonamides is 1. The fourth-order valence-corrected chi connectivity index (χ4v) is 4.69. The van der Waals surface area contributed by atoms with Gasteiger partial charge in [0.2, 0.25) is 10.0 Å². The van der Waals surface area contributed by atoms with Gasteiger partial charge in [0.15, 0.2) is 0 Å². The minimum Gasteiger partial charge on any atom is -0.379 e. The minimum absolute atomic E-state index is 0.278. The zero-order valence-electron chi connectivity index (χ0n) is 14.2. The van der Waals surface area contributed by atoms with Gasteiger partial charge in [-0.15, -0.1) is 0 Å².